The van der Waals surface area contributed by atoms with Gasteiger partial charge in [0.25, 0.3) is 0 Å². The summed E-state index contributed by atoms with van der Waals surface area (Å²) in [5, 5.41) is 32.9. The summed E-state index contributed by atoms with van der Waals surface area (Å²) in [6.07, 6.45) is 1.54. The number of benzene rings is 3. The number of carboxylic acid groups (broad SMARTS) is 1. The fraction of sp³-hybridized carbons (Fsp3) is 0.270. The highest BCUT2D eigenvalue weighted by Crippen LogP contribution is 2.43. The molecule has 0 radical (unpaired) electrons. The number of hydrogen-bond acceptors (Lipinski definition) is 9. The third-order valence-corrected chi connectivity index (χ3v) is 8.68. The van der Waals surface area contributed by atoms with Crippen molar-refractivity contribution in [2.24, 2.45) is 5.92 Å². The molecular formula is C37H35NO10. The van der Waals surface area contributed by atoms with Crippen LogP contribution in [0.4, 0.5) is 5.69 Å². The Bertz CT molecular complexity index is 1820. The minimum atomic E-state index is -1.17. The van der Waals surface area contributed by atoms with Crippen LogP contribution in [0, 0.1) is 5.92 Å². The Labute approximate surface area is 276 Å². The number of carbonyl (C=O) groups excluding carboxylic acids is 2. The van der Waals surface area contributed by atoms with Crippen LogP contribution in [-0.2, 0) is 30.2 Å². The molecule has 3 aliphatic rings. The summed E-state index contributed by atoms with van der Waals surface area (Å²) in [6, 6.07) is 19.2. The zero-order valence-electron chi connectivity index (χ0n) is 26.3. The molecule has 11 heteroatoms. The number of nitrogens with one attached hydrogen (secondary N) is 1. The van der Waals surface area contributed by atoms with Crippen molar-refractivity contribution < 1.29 is 48.7 Å². The van der Waals surface area contributed by atoms with Gasteiger partial charge in [-0.1, -0.05) is 37.3 Å². The van der Waals surface area contributed by atoms with Crippen molar-refractivity contribution in [3.63, 3.8) is 0 Å². The summed E-state index contributed by atoms with van der Waals surface area (Å²) in [7, 11) is 1.37. The van der Waals surface area contributed by atoms with Crippen LogP contribution >= 0.6 is 0 Å². The molecule has 5 atom stereocenters. The number of aliphatic hydroxyl groups excluding tert-OH is 2. The number of anilines is 1. The molecule has 1 fully saturated rings. The number of hydrogen-bond donors (Lipinski definition) is 4. The fourth-order valence-electron chi connectivity index (χ4n) is 6.17. The van der Waals surface area contributed by atoms with Gasteiger partial charge in [-0.25, -0.2) is 4.79 Å². The van der Waals surface area contributed by atoms with E-state index < -0.39 is 36.5 Å². The first-order valence-electron chi connectivity index (χ1n) is 15.5. The second-order valence-electron chi connectivity index (χ2n) is 11.8. The highest BCUT2D eigenvalue weighted by molar-refractivity contribution is 6.06. The normalized spacial score (nSPS) is 23.2. The number of amides is 1. The molecule has 0 spiro atoms. The molecule has 1 aliphatic heterocycles. The van der Waals surface area contributed by atoms with Crippen molar-refractivity contribution in [3.05, 3.63) is 118 Å². The van der Waals surface area contributed by atoms with E-state index in [1.54, 1.807) is 67.6 Å². The summed E-state index contributed by atoms with van der Waals surface area (Å²) in [4.78, 5) is 36.9. The maximum Gasteiger partial charge on any atom is 0.336 e. The van der Waals surface area contributed by atoms with Crippen LogP contribution < -0.4 is 10.1 Å². The van der Waals surface area contributed by atoms with Gasteiger partial charge in [0.15, 0.2) is 12.1 Å². The molecule has 2 aliphatic carbocycles. The fourth-order valence-corrected chi connectivity index (χ4v) is 6.17. The first-order chi connectivity index (χ1) is 23.1. The van der Waals surface area contributed by atoms with E-state index in [0.29, 0.717) is 29.2 Å². The molecule has 0 bridgehead atoms. The first kappa shape index (κ1) is 33.0. The predicted molar refractivity (Wildman–Crippen MR) is 175 cm³/mol. The molecule has 1 saturated heterocycles. The van der Waals surface area contributed by atoms with Crippen molar-refractivity contribution in [2.75, 3.05) is 25.6 Å². The third kappa shape index (κ3) is 6.86. The number of ketones is 1. The van der Waals surface area contributed by atoms with Gasteiger partial charge < -0.3 is 39.6 Å². The lowest BCUT2D eigenvalue weighted by Crippen LogP contribution is -2.55. The van der Waals surface area contributed by atoms with E-state index in [1.807, 2.05) is 18.2 Å². The number of carboxylic acids is 1. The molecule has 1 amide bonds. The molecule has 1 heterocycles. The number of methoxy groups -OCH3 is 1. The van der Waals surface area contributed by atoms with E-state index >= 15 is 0 Å². The maximum absolute atomic E-state index is 12.5. The van der Waals surface area contributed by atoms with Gasteiger partial charge in [0.05, 0.1) is 24.4 Å². The van der Waals surface area contributed by atoms with Crippen LogP contribution in [0.2, 0.25) is 0 Å². The number of aliphatic hydroxyl groups is 2. The van der Waals surface area contributed by atoms with E-state index in [2.05, 4.69) is 5.32 Å². The molecule has 4 N–H and O–H groups in total. The lowest BCUT2D eigenvalue weighted by atomic mass is 9.76. The number of allylic oxidation sites excluding steroid dienone is 5. The Morgan fingerprint density at radius 1 is 0.958 bits per heavy atom. The monoisotopic (exact) mass is 653 g/mol. The number of aromatic carboxylic acids is 1. The SMILES string of the molecule is CO[C@@H]1OC(COCC(=O)Nc2ccc(Oc3ccc4c(c3)CC3=CC(=O)C=CC3=C4c3ccccc3C(=O)O)cc2)[C@@H](C)[C@H](O)C1O. The molecule has 6 rings (SSSR count). The number of rotatable bonds is 10. The Morgan fingerprint density at radius 2 is 1.71 bits per heavy atom. The third-order valence-electron chi connectivity index (χ3n) is 8.68. The van der Waals surface area contributed by atoms with Crippen LogP contribution in [0.5, 0.6) is 11.5 Å². The van der Waals surface area contributed by atoms with E-state index in [4.69, 9.17) is 18.9 Å². The molecule has 2 unspecified atom stereocenters. The molecule has 3 aromatic carbocycles. The number of fused-ring (bicyclic) bond motifs is 2. The van der Waals surface area contributed by atoms with Gasteiger partial charge in [0, 0.05) is 18.7 Å². The summed E-state index contributed by atoms with van der Waals surface area (Å²) in [5.74, 6) is -0.886. The highest BCUT2D eigenvalue weighted by atomic mass is 16.7. The van der Waals surface area contributed by atoms with Crippen molar-refractivity contribution in [3.8, 4) is 11.5 Å². The van der Waals surface area contributed by atoms with Crippen molar-refractivity contribution in [2.45, 2.75) is 37.9 Å². The average Bonchev–Trinajstić information content (AvgIpc) is 3.08. The van der Waals surface area contributed by atoms with Gasteiger partial charge in [-0.2, -0.15) is 0 Å². The molecule has 48 heavy (non-hydrogen) atoms. The molecule has 0 saturated carbocycles. The van der Waals surface area contributed by atoms with Gasteiger partial charge in [-0.15, -0.1) is 0 Å². The van der Waals surface area contributed by atoms with Gasteiger partial charge in [-0.05, 0) is 94.4 Å². The van der Waals surface area contributed by atoms with Crippen molar-refractivity contribution in [1.29, 1.82) is 0 Å². The summed E-state index contributed by atoms with van der Waals surface area (Å²) in [5.41, 5.74) is 5.40. The molecular weight excluding hydrogens is 618 g/mol. The van der Waals surface area contributed by atoms with Gasteiger partial charge in [0.1, 0.15) is 24.2 Å². The Morgan fingerprint density at radius 3 is 2.46 bits per heavy atom. The summed E-state index contributed by atoms with van der Waals surface area (Å²) >= 11 is 0. The zero-order valence-corrected chi connectivity index (χ0v) is 26.3. The maximum atomic E-state index is 12.5. The summed E-state index contributed by atoms with van der Waals surface area (Å²) in [6.45, 7) is 1.51. The number of ether oxygens (including phenoxy) is 4. The Kier molecular flexibility index (Phi) is 9.67. The highest BCUT2D eigenvalue weighted by Gasteiger charge is 2.42. The van der Waals surface area contributed by atoms with E-state index in [0.717, 1.165) is 27.8 Å². The summed E-state index contributed by atoms with van der Waals surface area (Å²) < 4.78 is 22.4. The Hall–Kier alpha value is -4.91. The Balaban J connectivity index is 1.11. The molecule has 0 aromatic heterocycles. The van der Waals surface area contributed by atoms with E-state index in [1.165, 1.54) is 13.2 Å². The molecule has 11 nitrogen and oxygen atoms in total. The lowest BCUT2D eigenvalue weighted by molar-refractivity contribution is -0.282. The van der Waals surface area contributed by atoms with Crippen molar-refractivity contribution in [1.82, 2.24) is 0 Å². The second kappa shape index (κ2) is 14.1. The van der Waals surface area contributed by atoms with Crippen molar-refractivity contribution >= 4 is 28.9 Å². The average molecular weight is 654 g/mol. The minimum absolute atomic E-state index is 0.0285. The topological polar surface area (TPSA) is 161 Å². The van der Waals surface area contributed by atoms with Crippen LogP contribution in [0.1, 0.15) is 34.0 Å². The van der Waals surface area contributed by atoms with Gasteiger partial charge in [-0.3, -0.25) is 9.59 Å². The largest absolute Gasteiger partial charge is 0.478 e. The van der Waals surface area contributed by atoms with E-state index in [9.17, 15) is 29.7 Å². The second-order valence-corrected chi connectivity index (χ2v) is 11.8. The minimum Gasteiger partial charge on any atom is -0.478 e. The molecule has 3 aromatic rings. The first-order valence-corrected chi connectivity index (χ1v) is 15.5. The van der Waals surface area contributed by atoms with Gasteiger partial charge >= 0.3 is 5.97 Å². The standard InChI is InChI=1S/C37H35NO10/c1-20-31(48-37(45-2)35(42)34(20)41)18-46-19-32(40)38-23-7-10-25(11-8-23)47-26-12-14-28-22(17-26)15-21-16-24(39)9-13-27(21)33(28)29-5-3-4-6-30(29)36(43)44/h3-14,16-17,20,31,34-35,37,41-42H,15,18-19H2,1-2H3,(H,38,40)(H,43,44)/t20-,31?,34+,35?,37-/m1/s1. The van der Waals surface area contributed by atoms with Crippen LogP contribution in [0.15, 0.2) is 96.1 Å². The smallest absolute Gasteiger partial charge is 0.336 e. The zero-order chi connectivity index (χ0) is 33.9. The van der Waals surface area contributed by atoms with Crippen LogP contribution in [0.25, 0.3) is 5.57 Å². The van der Waals surface area contributed by atoms with E-state index in [-0.39, 0.29) is 30.5 Å². The molecule has 248 valence electrons. The quantitative estimate of drug-likeness (QED) is 0.249. The predicted octanol–water partition coefficient (Wildman–Crippen LogP) is 4.28. The van der Waals surface area contributed by atoms with Crippen LogP contribution in [0.3, 0.4) is 0 Å². The van der Waals surface area contributed by atoms with Gasteiger partial charge in [0.2, 0.25) is 5.91 Å². The van der Waals surface area contributed by atoms with Crippen LogP contribution in [-0.4, -0.2) is 77.9 Å². The lowest BCUT2D eigenvalue weighted by Gasteiger charge is -2.40. The number of carbonyl (C=O) groups is 3.